The molecule has 2 aromatic carbocycles. The molecule has 0 radical (unpaired) electrons. The van der Waals surface area contributed by atoms with Crippen molar-refractivity contribution in [3.63, 3.8) is 0 Å². The summed E-state index contributed by atoms with van der Waals surface area (Å²) >= 11 is 3.83. The van der Waals surface area contributed by atoms with E-state index in [9.17, 15) is 24.0 Å². The average molecular weight is 694 g/mol. The zero-order valence-corrected chi connectivity index (χ0v) is 28.1. The minimum absolute atomic E-state index is 0.0610. The molecule has 2 aliphatic heterocycles. The van der Waals surface area contributed by atoms with Crippen molar-refractivity contribution in [2.75, 3.05) is 29.6 Å². The Bertz CT molecular complexity index is 1590. The number of allylic oxidation sites excluding steroid dienone is 1. The molecule has 2 aromatic rings. The van der Waals surface area contributed by atoms with E-state index in [-0.39, 0.29) is 23.6 Å². The average Bonchev–Trinajstić information content (AvgIpc) is 3.47. The summed E-state index contributed by atoms with van der Waals surface area (Å²) in [7, 11) is 0. The molecule has 2 saturated heterocycles. The second-order valence-corrected chi connectivity index (χ2v) is 13.7. The van der Waals surface area contributed by atoms with Crippen molar-refractivity contribution in [3.05, 3.63) is 59.7 Å². The van der Waals surface area contributed by atoms with Gasteiger partial charge in [-0.1, -0.05) is 61.0 Å². The van der Waals surface area contributed by atoms with E-state index in [4.69, 9.17) is 14.2 Å². The van der Waals surface area contributed by atoms with Gasteiger partial charge in [0.1, 0.15) is 11.5 Å². The standard InChI is InChI=1S/C35H37BrN2O8/c1-6-17-45-22-15-11-9-13-20(22)37-29(39)25-27(31(37)41)35(36)19(4)24(33(43)44-8-3)34(25,5)26-28(35)32(42)38(30(26)40)21-14-10-12-16-23(21)46-18-7-2/h9-16,25-28H,6-8,17-18H2,1-5H3/t25-,26+,27+,28-,34?,35?. The molecule has 0 spiro atoms. The van der Waals surface area contributed by atoms with Gasteiger partial charge in [0, 0.05) is 11.0 Å². The predicted molar refractivity (Wildman–Crippen MR) is 172 cm³/mol. The summed E-state index contributed by atoms with van der Waals surface area (Å²) in [6.45, 7) is 9.73. The summed E-state index contributed by atoms with van der Waals surface area (Å²) in [6.07, 6.45) is 1.43. The number of nitrogens with zero attached hydrogens (tertiary/aromatic N) is 2. The van der Waals surface area contributed by atoms with Crippen LogP contribution in [0.25, 0.3) is 0 Å². The fourth-order valence-electron chi connectivity index (χ4n) is 8.16. The van der Waals surface area contributed by atoms with Crippen LogP contribution in [0, 0.1) is 29.1 Å². The maximum absolute atomic E-state index is 14.7. The van der Waals surface area contributed by atoms with Crippen LogP contribution in [0.4, 0.5) is 11.4 Å². The Labute approximate surface area is 276 Å². The van der Waals surface area contributed by atoms with E-state index in [0.29, 0.717) is 43.1 Å². The Kier molecular flexibility index (Phi) is 8.11. The maximum atomic E-state index is 14.7. The number of hydrogen-bond acceptors (Lipinski definition) is 8. The number of amides is 4. The van der Waals surface area contributed by atoms with Crippen LogP contribution >= 0.6 is 15.9 Å². The van der Waals surface area contributed by atoms with Crippen molar-refractivity contribution in [2.24, 2.45) is 29.1 Å². The van der Waals surface area contributed by atoms with E-state index in [1.165, 1.54) is 0 Å². The highest BCUT2D eigenvalue weighted by molar-refractivity contribution is 9.10. The summed E-state index contributed by atoms with van der Waals surface area (Å²) in [5, 5.41) is 0. The van der Waals surface area contributed by atoms with Crippen LogP contribution in [0.15, 0.2) is 59.7 Å². The van der Waals surface area contributed by atoms with Crippen LogP contribution in [0.2, 0.25) is 0 Å². The van der Waals surface area contributed by atoms with E-state index in [2.05, 4.69) is 15.9 Å². The van der Waals surface area contributed by atoms with Crippen LogP contribution in [-0.2, 0) is 28.7 Å². The first kappa shape index (κ1) is 32.0. The normalized spacial score (nSPS) is 29.8. The summed E-state index contributed by atoms with van der Waals surface area (Å²) in [6, 6.07) is 13.6. The number of benzene rings is 2. The third-order valence-corrected chi connectivity index (χ3v) is 11.5. The molecule has 46 heavy (non-hydrogen) atoms. The smallest absolute Gasteiger partial charge is 0.334 e. The quantitative estimate of drug-likeness (QED) is 0.189. The molecule has 2 unspecified atom stereocenters. The SMILES string of the molecule is CCCOc1ccccc1N1C(=O)[C@@H]2[C@H](C1=O)C1(C)C(C(=O)OCC)=C(C)C2(Br)[C@H]2C(=O)N(c3ccccc3OCCC)C(=O)[C@H]21. The van der Waals surface area contributed by atoms with Gasteiger partial charge in [-0.3, -0.25) is 19.2 Å². The third-order valence-electron chi connectivity index (χ3n) is 9.91. The zero-order valence-electron chi connectivity index (χ0n) is 26.5. The van der Waals surface area contributed by atoms with Crippen LogP contribution in [-0.4, -0.2) is 53.7 Å². The number of para-hydroxylation sites is 4. The Morgan fingerprint density at radius 2 is 1.15 bits per heavy atom. The van der Waals surface area contributed by atoms with Crippen LogP contribution < -0.4 is 19.3 Å². The monoisotopic (exact) mass is 692 g/mol. The second-order valence-electron chi connectivity index (χ2n) is 12.3. The summed E-state index contributed by atoms with van der Waals surface area (Å²) < 4.78 is 15.8. The molecule has 4 amide bonds. The van der Waals surface area contributed by atoms with Gasteiger partial charge in [0.15, 0.2) is 0 Å². The van der Waals surface area contributed by atoms with E-state index in [0.717, 1.165) is 9.80 Å². The lowest BCUT2D eigenvalue weighted by Crippen LogP contribution is -2.67. The maximum Gasteiger partial charge on any atom is 0.334 e. The van der Waals surface area contributed by atoms with Gasteiger partial charge in [-0.15, -0.1) is 0 Å². The van der Waals surface area contributed by atoms with Crippen molar-refractivity contribution < 1.29 is 38.2 Å². The Hall–Kier alpha value is -3.99. The molecule has 3 fully saturated rings. The molecule has 1 saturated carbocycles. The molecule has 5 aliphatic rings. The van der Waals surface area contributed by atoms with Gasteiger partial charge in [-0.05, 0) is 56.5 Å². The second kappa shape index (κ2) is 11.7. The van der Waals surface area contributed by atoms with Crippen molar-refractivity contribution in [2.45, 2.75) is 51.8 Å². The Morgan fingerprint density at radius 3 is 1.57 bits per heavy atom. The molecule has 242 valence electrons. The molecular weight excluding hydrogens is 656 g/mol. The number of rotatable bonds is 10. The molecular formula is C35H37BrN2O8. The van der Waals surface area contributed by atoms with E-state index in [1.54, 1.807) is 69.3 Å². The molecule has 6 atom stereocenters. The highest BCUT2D eigenvalue weighted by Crippen LogP contribution is 2.73. The van der Waals surface area contributed by atoms with Gasteiger partial charge >= 0.3 is 5.97 Å². The molecule has 10 nitrogen and oxygen atoms in total. The number of anilines is 2. The molecule has 2 bridgehead atoms. The number of hydrogen-bond donors (Lipinski definition) is 0. The molecule has 2 heterocycles. The number of imide groups is 2. The number of carbonyl (C=O) groups excluding carboxylic acids is 5. The fraction of sp³-hybridized carbons (Fsp3) is 0.457. The fourth-order valence-corrected chi connectivity index (χ4v) is 9.28. The minimum atomic E-state index is -1.55. The predicted octanol–water partition coefficient (Wildman–Crippen LogP) is 5.22. The Balaban J connectivity index is 1.55. The first-order valence-electron chi connectivity index (χ1n) is 15.8. The van der Waals surface area contributed by atoms with Crippen LogP contribution in [0.5, 0.6) is 11.5 Å². The number of esters is 1. The number of halogens is 1. The third kappa shape index (κ3) is 4.16. The first-order valence-corrected chi connectivity index (χ1v) is 16.6. The van der Waals surface area contributed by atoms with Gasteiger partial charge in [0.25, 0.3) is 0 Å². The lowest BCUT2D eigenvalue weighted by molar-refractivity contribution is -0.152. The van der Waals surface area contributed by atoms with E-state index < -0.39 is 63.0 Å². The van der Waals surface area contributed by atoms with E-state index >= 15 is 0 Å². The molecule has 7 rings (SSSR count). The first-order chi connectivity index (χ1) is 22.0. The Morgan fingerprint density at radius 1 is 0.739 bits per heavy atom. The summed E-state index contributed by atoms with van der Waals surface area (Å²) in [4.78, 5) is 74.6. The molecule has 11 heteroatoms. The topological polar surface area (TPSA) is 120 Å². The highest BCUT2D eigenvalue weighted by Gasteiger charge is 2.82. The van der Waals surface area contributed by atoms with Gasteiger partial charge in [-0.25, -0.2) is 14.6 Å². The molecule has 3 aliphatic carbocycles. The van der Waals surface area contributed by atoms with Crippen LogP contribution in [0.3, 0.4) is 0 Å². The lowest BCUT2D eigenvalue weighted by Gasteiger charge is -2.59. The van der Waals surface area contributed by atoms with Gasteiger partial charge in [0.2, 0.25) is 23.6 Å². The molecule has 0 aromatic heterocycles. The van der Waals surface area contributed by atoms with Crippen molar-refractivity contribution in [3.8, 4) is 11.5 Å². The van der Waals surface area contributed by atoms with Crippen molar-refractivity contribution in [1.29, 1.82) is 0 Å². The summed E-state index contributed by atoms with van der Waals surface area (Å²) in [5.74, 6) is -6.62. The van der Waals surface area contributed by atoms with E-state index in [1.807, 2.05) is 13.8 Å². The largest absolute Gasteiger partial charge is 0.491 e. The molecule has 0 N–H and O–H groups in total. The lowest BCUT2D eigenvalue weighted by atomic mass is 9.43. The van der Waals surface area contributed by atoms with Crippen LogP contribution in [0.1, 0.15) is 47.5 Å². The number of alkyl halides is 1. The minimum Gasteiger partial charge on any atom is -0.491 e. The number of ether oxygens (including phenoxy) is 3. The zero-order chi connectivity index (χ0) is 33.1. The van der Waals surface area contributed by atoms with Gasteiger partial charge in [-0.2, -0.15) is 0 Å². The van der Waals surface area contributed by atoms with Crippen molar-refractivity contribution >= 4 is 56.9 Å². The van der Waals surface area contributed by atoms with Gasteiger partial charge in [0.05, 0.1) is 59.2 Å². The highest BCUT2D eigenvalue weighted by atomic mass is 79.9. The van der Waals surface area contributed by atoms with Crippen molar-refractivity contribution in [1.82, 2.24) is 0 Å². The number of carbonyl (C=O) groups is 5. The van der Waals surface area contributed by atoms with Gasteiger partial charge < -0.3 is 14.2 Å². The summed E-state index contributed by atoms with van der Waals surface area (Å²) in [5.41, 5.74) is -0.441.